The van der Waals surface area contributed by atoms with Gasteiger partial charge in [0.25, 0.3) is 0 Å². The molecule has 9 heavy (non-hydrogen) atoms. The quantitative estimate of drug-likeness (QED) is 0.394. The number of hydrogen-bond donors (Lipinski definition) is 0. The maximum absolute atomic E-state index is 2.50. The summed E-state index contributed by atoms with van der Waals surface area (Å²) in [5, 5.41) is 0. The van der Waals surface area contributed by atoms with E-state index in [-0.39, 0.29) is 0 Å². The van der Waals surface area contributed by atoms with Gasteiger partial charge in [0.05, 0.1) is 0 Å². The summed E-state index contributed by atoms with van der Waals surface area (Å²) >= 11 is -0.478. The Hall–Kier alpha value is 0.470. The van der Waals surface area contributed by atoms with Gasteiger partial charge in [0.2, 0.25) is 0 Å². The molecule has 0 aromatic carbocycles. The monoisotopic (exact) mass is 238 g/mol. The van der Waals surface area contributed by atoms with Crippen LogP contribution in [0.15, 0.2) is 12.2 Å². The summed E-state index contributed by atoms with van der Waals surface area (Å²) in [4.78, 5) is 2.50. The Bertz CT molecular complexity index is 107. The van der Waals surface area contributed by atoms with Gasteiger partial charge in [-0.1, -0.05) is 0 Å². The SMILES string of the molecule is CCI(C)C1C=CCC1. The van der Waals surface area contributed by atoms with Crippen LogP contribution in [0.2, 0.25) is 0 Å². The zero-order valence-corrected chi connectivity index (χ0v) is 8.39. The molecule has 0 bridgehead atoms. The van der Waals surface area contributed by atoms with Gasteiger partial charge in [-0.15, -0.1) is 0 Å². The van der Waals surface area contributed by atoms with Gasteiger partial charge in [0.1, 0.15) is 0 Å². The van der Waals surface area contributed by atoms with E-state index in [1.807, 2.05) is 0 Å². The second-order valence-corrected chi connectivity index (χ2v) is 9.21. The number of hydrogen-bond acceptors (Lipinski definition) is 0. The molecule has 1 unspecified atom stereocenters. The number of rotatable bonds is 2. The molecule has 1 rings (SSSR count). The van der Waals surface area contributed by atoms with Crippen LogP contribution in [0.25, 0.3) is 0 Å². The molecule has 0 aromatic rings. The molecule has 1 atom stereocenters. The van der Waals surface area contributed by atoms with Crippen LogP contribution in [0.1, 0.15) is 19.8 Å². The Morgan fingerprint density at radius 1 is 1.67 bits per heavy atom. The minimum absolute atomic E-state index is 0.478. The van der Waals surface area contributed by atoms with E-state index in [9.17, 15) is 0 Å². The van der Waals surface area contributed by atoms with Crippen LogP contribution in [0.3, 0.4) is 0 Å². The van der Waals surface area contributed by atoms with Gasteiger partial charge in [0, 0.05) is 0 Å². The van der Waals surface area contributed by atoms with Gasteiger partial charge >= 0.3 is 65.0 Å². The van der Waals surface area contributed by atoms with Crippen molar-refractivity contribution in [1.29, 1.82) is 0 Å². The van der Waals surface area contributed by atoms with Crippen molar-refractivity contribution < 1.29 is 0 Å². The van der Waals surface area contributed by atoms with Crippen LogP contribution >= 0.6 is 19.8 Å². The van der Waals surface area contributed by atoms with Crippen LogP contribution in [-0.4, -0.2) is 13.3 Å². The standard InChI is InChI=1S/C8H15I/c1-3-9(2)8-6-4-5-7-8/h4,6,8H,3,5,7H2,1-2H3. The molecule has 0 nitrogen and oxygen atoms in total. The predicted octanol–water partition coefficient (Wildman–Crippen LogP) is 2.86. The van der Waals surface area contributed by atoms with Crippen LogP contribution < -0.4 is 0 Å². The average molecular weight is 238 g/mol. The predicted molar refractivity (Wildman–Crippen MR) is 52.6 cm³/mol. The van der Waals surface area contributed by atoms with Gasteiger partial charge in [-0.3, -0.25) is 0 Å². The molecule has 0 aromatic heterocycles. The van der Waals surface area contributed by atoms with Crippen LogP contribution in [0, 0.1) is 0 Å². The van der Waals surface area contributed by atoms with Crippen molar-refractivity contribution in [3.63, 3.8) is 0 Å². The van der Waals surface area contributed by atoms with E-state index in [2.05, 4.69) is 24.0 Å². The van der Waals surface area contributed by atoms with Crippen molar-refractivity contribution in [2.45, 2.75) is 23.7 Å². The Labute approximate surface area is 65.1 Å². The normalized spacial score (nSPS) is 26.9. The zero-order chi connectivity index (χ0) is 6.69. The topological polar surface area (TPSA) is 0 Å². The molecule has 1 heteroatoms. The van der Waals surface area contributed by atoms with Crippen molar-refractivity contribution in [2.24, 2.45) is 0 Å². The summed E-state index contributed by atoms with van der Waals surface area (Å²) in [5.74, 6) is 0. The fourth-order valence-electron chi connectivity index (χ4n) is 1.10. The maximum atomic E-state index is 2.50. The third-order valence-corrected chi connectivity index (χ3v) is 8.03. The first-order valence-corrected chi connectivity index (χ1v) is 8.48. The number of alkyl halides is 3. The zero-order valence-electron chi connectivity index (χ0n) is 6.23. The molecule has 0 aliphatic heterocycles. The Morgan fingerprint density at radius 2 is 2.44 bits per heavy atom. The molecule has 0 amide bonds. The molecule has 1 aliphatic rings. The fraction of sp³-hybridized carbons (Fsp3) is 0.750. The first-order valence-electron chi connectivity index (χ1n) is 3.55. The summed E-state index contributed by atoms with van der Waals surface area (Å²) in [6.07, 6.45) is 7.63. The van der Waals surface area contributed by atoms with Crippen LogP contribution in [0.5, 0.6) is 0 Å². The average Bonchev–Trinajstić information content (AvgIpc) is 2.37. The summed E-state index contributed by atoms with van der Waals surface area (Å²) in [5.41, 5.74) is 0. The van der Waals surface area contributed by atoms with Crippen molar-refractivity contribution >= 4 is 19.8 Å². The molecule has 54 valence electrons. The van der Waals surface area contributed by atoms with E-state index < -0.39 is 19.8 Å². The molecular weight excluding hydrogens is 223 g/mol. The van der Waals surface area contributed by atoms with Gasteiger partial charge in [-0.05, 0) is 0 Å². The molecule has 0 spiro atoms. The summed E-state index contributed by atoms with van der Waals surface area (Å²) in [6.45, 7) is 2.34. The van der Waals surface area contributed by atoms with E-state index in [0.29, 0.717) is 0 Å². The van der Waals surface area contributed by atoms with Crippen molar-refractivity contribution in [1.82, 2.24) is 0 Å². The van der Waals surface area contributed by atoms with Gasteiger partial charge in [-0.25, -0.2) is 0 Å². The van der Waals surface area contributed by atoms with E-state index >= 15 is 0 Å². The summed E-state index contributed by atoms with van der Waals surface area (Å²) < 4.78 is 2.54. The molecule has 0 saturated carbocycles. The van der Waals surface area contributed by atoms with Gasteiger partial charge < -0.3 is 0 Å². The molecule has 0 radical (unpaired) electrons. The van der Waals surface area contributed by atoms with Crippen molar-refractivity contribution in [3.8, 4) is 0 Å². The molecule has 1 aliphatic carbocycles. The third-order valence-electron chi connectivity index (χ3n) is 1.85. The van der Waals surface area contributed by atoms with E-state index in [0.717, 1.165) is 3.92 Å². The first-order chi connectivity index (χ1) is 4.34. The third kappa shape index (κ3) is 1.95. The van der Waals surface area contributed by atoms with Crippen LogP contribution in [0.4, 0.5) is 0 Å². The molecule has 0 saturated heterocycles. The van der Waals surface area contributed by atoms with E-state index in [1.165, 1.54) is 17.3 Å². The minimum atomic E-state index is -0.478. The van der Waals surface area contributed by atoms with Gasteiger partial charge in [-0.2, -0.15) is 0 Å². The van der Waals surface area contributed by atoms with Crippen LogP contribution in [-0.2, 0) is 0 Å². The second-order valence-electron chi connectivity index (χ2n) is 2.43. The second kappa shape index (κ2) is 3.59. The molecular formula is C8H15I. The Kier molecular flexibility index (Phi) is 3.02. The molecule has 0 fully saturated rings. The van der Waals surface area contributed by atoms with E-state index in [4.69, 9.17) is 0 Å². The van der Waals surface area contributed by atoms with Crippen molar-refractivity contribution in [2.75, 3.05) is 9.36 Å². The fourth-order valence-corrected chi connectivity index (χ4v) is 4.66. The Morgan fingerprint density at radius 3 is 2.89 bits per heavy atom. The molecule has 0 heterocycles. The van der Waals surface area contributed by atoms with E-state index in [1.54, 1.807) is 0 Å². The number of halogens is 1. The summed E-state index contributed by atoms with van der Waals surface area (Å²) in [7, 11) is 0. The van der Waals surface area contributed by atoms with Gasteiger partial charge in [0.15, 0.2) is 0 Å². The Balaban J connectivity index is 2.33. The number of allylic oxidation sites excluding steroid dienone is 2. The summed E-state index contributed by atoms with van der Waals surface area (Å²) in [6, 6.07) is 0. The first kappa shape index (κ1) is 7.58. The van der Waals surface area contributed by atoms with Crippen molar-refractivity contribution in [3.05, 3.63) is 12.2 Å². The molecule has 0 N–H and O–H groups in total.